The monoisotopic (exact) mass is 418 g/mol. The molecule has 8 heteroatoms. The molecule has 2 aromatic rings. The van der Waals surface area contributed by atoms with E-state index < -0.39 is 15.9 Å². The fourth-order valence-corrected chi connectivity index (χ4v) is 4.84. The van der Waals surface area contributed by atoms with Crippen LogP contribution in [0.2, 0.25) is 0 Å². The standard InChI is InChI=1S/C21H26N2O5S/c1-27-17-8-6-16(7-9-17)15-22-21(24)19-14-18(10-11-20(19)28-2)29(25,26)23-12-4-3-5-13-23/h6-11,14H,3-5,12-13,15H2,1-2H3,(H,22,24). The number of rotatable bonds is 7. The van der Waals surface area contributed by atoms with Crippen LogP contribution in [0.25, 0.3) is 0 Å². The van der Waals surface area contributed by atoms with Gasteiger partial charge in [-0.2, -0.15) is 4.31 Å². The van der Waals surface area contributed by atoms with Crippen molar-refractivity contribution in [2.75, 3.05) is 27.3 Å². The molecule has 0 atom stereocenters. The summed E-state index contributed by atoms with van der Waals surface area (Å²) in [5.74, 6) is 0.667. The number of sulfonamides is 1. The molecule has 3 rings (SSSR count). The Morgan fingerprint density at radius 2 is 1.69 bits per heavy atom. The molecule has 1 amide bonds. The van der Waals surface area contributed by atoms with Gasteiger partial charge in [-0.25, -0.2) is 8.42 Å². The fraction of sp³-hybridized carbons (Fsp3) is 0.381. The van der Waals surface area contributed by atoms with Crippen molar-refractivity contribution in [3.05, 3.63) is 53.6 Å². The molecule has 1 N–H and O–H groups in total. The van der Waals surface area contributed by atoms with Gasteiger partial charge in [-0.05, 0) is 48.7 Å². The number of methoxy groups -OCH3 is 2. The number of nitrogens with zero attached hydrogens (tertiary/aromatic N) is 1. The van der Waals surface area contributed by atoms with Crippen LogP contribution in [0.5, 0.6) is 11.5 Å². The third-order valence-corrected chi connectivity index (χ3v) is 6.88. The number of hydrogen-bond acceptors (Lipinski definition) is 5. The highest BCUT2D eigenvalue weighted by Crippen LogP contribution is 2.26. The Labute approximate surface area is 171 Å². The minimum Gasteiger partial charge on any atom is -0.497 e. The molecule has 0 aromatic heterocycles. The lowest BCUT2D eigenvalue weighted by molar-refractivity contribution is 0.0947. The van der Waals surface area contributed by atoms with Crippen molar-refractivity contribution in [3.63, 3.8) is 0 Å². The number of carbonyl (C=O) groups excluding carboxylic acids is 1. The van der Waals surface area contributed by atoms with Crippen LogP contribution in [-0.2, 0) is 16.6 Å². The summed E-state index contributed by atoms with van der Waals surface area (Å²) in [4.78, 5) is 12.9. The molecule has 7 nitrogen and oxygen atoms in total. The molecule has 0 radical (unpaired) electrons. The number of amides is 1. The number of ether oxygens (including phenoxy) is 2. The Morgan fingerprint density at radius 3 is 2.31 bits per heavy atom. The molecule has 0 unspecified atom stereocenters. The Kier molecular flexibility index (Phi) is 6.76. The largest absolute Gasteiger partial charge is 0.497 e. The molecule has 1 aliphatic heterocycles. The van der Waals surface area contributed by atoms with Crippen LogP contribution in [0.1, 0.15) is 35.2 Å². The second kappa shape index (κ2) is 9.28. The Bertz CT molecular complexity index is 952. The lowest BCUT2D eigenvalue weighted by Gasteiger charge is -2.26. The van der Waals surface area contributed by atoms with E-state index in [1.165, 1.54) is 29.6 Å². The van der Waals surface area contributed by atoms with E-state index >= 15 is 0 Å². The van der Waals surface area contributed by atoms with Gasteiger partial charge in [-0.3, -0.25) is 4.79 Å². The van der Waals surface area contributed by atoms with Gasteiger partial charge < -0.3 is 14.8 Å². The van der Waals surface area contributed by atoms with Gasteiger partial charge in [0.2, 0.25) is 10.0 Å². The lowest BCUT2D eigenvalue weighted by atomic mass is 10.1. The van der Waals surface area contributed by atoms with Crippen LogP contribution in [0.3, 0.4) is 0 Å². The molecule has 2 aromatic carbocycles. The predicted octanol–water partition coefficient (Wildman–Crippen LogP) is 2.81. The van der Waals surface area contributed by atoms with E-state index in [4.69, 9.17) is 9.47 Å². The van der Waals surface area contributed by atoms with E-state index in [2.05, 4.69) is 5.32 Å². The molecule has 0 spiro atoms. The Balaban J connectivity index is 1.79. The summed E-state index contributed by atoms with van der Waals surface area (Å²) >= 11 is 0. The first kappa shape index (κ1) is 21.1. The van der Waals surface area contributed by atoms with E-state index in [0.717, 1.165) is 30.6 Å². The molecule has 156 valence electrons. The number of nitrogens with one attached hydrogen (secondary N) is 1. The van der Waals surface area contributed by atoms with Gasteiger partial charge in [0.05, 0.1) is 24.7 Å². The Morgan fingerprint density at radius 1 is 1.00 bits per heavy atom. The van der Waals surface area contributed by atoms with Crippen molar-refractivity contribution in [2.24, 2.45) is 0 Å². The minimum absolute atomic E-state index is 0.106. The van der Waals surface area contributed by atoms with Gasteiger partial charge in [0, 0.05) is 19.6 Å². The zero-order valence-electron chi connectivity index (χ0n) is 16.7. The van der Waals surface area contributed by atoms with Gasteiger partial charge in [0.15, 0.2) is 0 Å². The van der Waals surface area contributed by atoms with Crippen LogP contribution in [0.15, 0.2) is 47.4 Å². The lowest BCUT2D eigenvalue weighted by Crippen LogP contribution is -2.35. The zero-order valence-corrected chi connectivity index (χ0v) is 17.5. The molecule has 1 fully saturated rings. The summed E-state index contributed by atoms with van der Waals surface area (Å²) in [7, 11) is -0.590. The highest BCUT2D eigenvalue weighted by atomic mass is 32.2. The predicted molar refractivity (Wildman–Crippen MR) is 110 cm³/mol. The van der Waals surface area contributed by atoms with Crippen molar-refractivity contribution in [1.82, 2.24) is 9.62 Å². The third-order valence-electron chi connectivity index (χ3n) is 4.98. The van der Waals surface area contributed by atoms with Crippen LogP contribution >= 0.6 is 0 Å². The molecular formula is C21H26N2O5S. The van der Waals surface area contributed by atoms with Gasteiger partial charge in [-0.15, -0.1) is 0 Å². The number of benzene rings is 2. The van der Waals surface area contributed by atoms with Gasteiger partial charge in [0.25, 0.3) is 5.91 Å². The highest BCUT2D eigenvalue weighted by molar-refractivity contribution is 7.89. The SMILES string of the molecule is COc1ccc(CNC(=O)c2cc(S(=O)(=O)N3CCCCC3)ccc2OC)cc1. The van der Waals surface area contributed by atoms with Crippen molar-refractivity contribution < 1.29 is 22.7 Å². The fourth-order valence-electron chi connectivity index (χ4n) is 3.30. The second-order valence-corrected chi connectivity index (χ2v) is 8.80. The summed E-state index contributed by atoms with van der Waals surface area (Å²) in [6.45, 7) is 1.32. The maximum Gasteiger partial charge on any atom is 0.255 e. The highest BCUT2D eigenvalue weighted by Gasteiger charge is 2.27. The quantitative estimate of drug-likeness (QED) is 0.747. The average molecular weight is 419 g/mol. The summed E-state index contributed by atoms with van der Waals surface area (Å²) in [6, 6.07) is 11.7. The molecule has 1 aliphatic rings. The molecule has 0 saturated carbocycles. The van der Waals surface area contributed by atoms with Crippen molar-refractivity contribution in [2.45, 2.75) is 30.7 Å². The molecule has 0 aliphatic carbocycles. The second-order valence-electron chi connectivity index (χ2n) is 6.86. The van der Waals surface area contributed by atoms with E-state index in [1.807, 2.05) is 24.3 Å². The number of hydrogen-bond donors (Lipinski definition) is 1. The molecule has 1 heterocycles. The van der Waals surface area contributed by atoms with Crippen LogP contribution in [0, 0.1) is 0 Å². The minimum atomic E-state index is -3.63. The summed E-state index contributed by atoms with van der Waals surface area (Å²) in [6.07, 6.45) is 2.74. The van der Waals surface area contributed by atoms with Crippen molar-refractivity contribution >= 4 is 15.9 Å². The van der Waals surface area contributed by atoms with Gasteiger partial charge in [0.1, 0.15) is 11.5 Å². The first-order valence-electron chi connectivity index (χ1n) is 9.55. The topological polar surface area (TPSA) is 84.9 Å². The van der Waals surface area contributed by atoms with E-state index in [9.17, 15) is 13.2 Å². The first-order valence-corrected chi connectivity index (χ1v) is 11.0. The Hall–Kier alpha value is -2.58. The van der Waals surface area contributed by atoms with Gasteiger partial charge in [-0.1, -0.05) is 18.6 Å². The first-order chi connectivity index (χ1) is 14.0. The smallest absolute Gasteiger partial charge is 0.255 e. The maximum atomic E-state index is 12.9. The summed E-state index contributed by atoms with van der Waals surface area (Å²) in [5.41, 5.74) is 1.09. The molecule has 1 saturated heterocycles. The third kappa shape index (κ3) is 4.89. The summed E-state index contributed by atoms with van der Waals surface area (Å²) < 4.78 is 37.8. The normalized spacial score (nSPS) is 15.0. The maximum absolute atomic E-state index is 12.9. The summed E-state index contributed by atoms with van der Waals surface area (Å²) in [5, 5.41) is 2.82. The molecular weight excluding hydrogens is 392 g/mol. The van der Waals surface area contributed by atoms with Crippen LogP contribution < -0.4 is 14.8 Å². The molecule has 29 heavy (non-hydrogen) atoms. The average Bonchev–Trinajstić information content (AvgIpc) is 2.77. The van der Waals surface area contributed by atoms with Crippen molar-refractivity contribution in [3.8, 4) is 11.5 Å². The number of carbonyl (C=O) groups is 1. The zero-order chi connectivity index (χ0) is 20.9. The number of piperidine rings is 1. The molecule has 0 bridgehead atoms. The van der Waals surface area contributed by atoms with E-state index in [-0.39, 0.29) is 10.5 Å². The van der Waals surface area contributed by atoms with Gasteiger partial charge >= 0.3 is 0 Å². The van der Waals surface area contributed by atoms with Crippen LogP contribution in [0.4, 0.5) is 0 Å². The van der Waals surface area contributed by atoms with E-state index in [1.54, 1.807) is 7.11 Å². The van der Waals surface area contributed by atoms with E-state index in [0.29, 0.717) is 25.4 Å². The van der Waals surface area contributed by atoms with Crippen LogP contribution in [-0.4, -0.2) is 45.9 Å². The van der Waals surface area contributed by atoms with Crippen molar-refractivity contribution in [1.29, 1.82) is 0 Å².